The number of imide groups is 2. The number of aryl methyl sites for hydroxylation is 2. The van der Waals surface area contributed by atoms with Gasteiger partial charge in [0.2, 0.25) is 0 Å². The van der Waals surface area contributed by atoms with Crippen molar-refractivity contribution in [1.29, 1.82) is 0 Å². The molecule has 0 aliphatic carbocycles. The van der Waals surface area contributed by atoms with Gasteiger partial charge in [-0.25, -0.2) is 9.69 Å². The van der Waals surface area contributed by atoms with Gasteiger partial charge in [-0.15, -0.1) is 0 Å². The third-order valence-electron chi connectivity index (χ3n) is 7.03. The predicted molar refractivity (Wildman–Crippen MR) is 175 cm³/mol. The van der Waals surface area contributed by atoms with E-state index in [-0.39, 0.29) is 11.3 Å². The number of barbiturate groups is 1. The molecule has 0 saturated carbocycles. The average Bonchev–Trinajstić information content (AvgIpc) is 3.00. The molecule has 1 aliphatic heterocycles. The molecule has 0 unspecified atom stereocenters. The fraction of sp³-hybridized carbons (Fsp3) is 0.147. The molecule has 1 heterocycles. The standard InChI is InChI=1S/C34H28Br2N2O6/c1-20-4-5-23(14-21(20)2)19-44-31-29(36)16-24(17-30(31)42-3)15-28-32(39)37-34(41)38(33(28)40)26-10-12-27(13-11-26)43-18-22-6-8-25(35)9-7-22/h4-17H,18-19H2,1-3H3,(H,37,39,41)/b28-15+. The minimum Gasteiger partial charge on any atom is -0.493 e. The summed E-state index contributed by atoms with van der Waals surface area (Å²) < 4.78 is 19.0. The van der Waals surface area contributed by atoms with E-state index in [1.807, 2.05) is 43.3 Å². The van der Waals surface area contributed by atoms with Crippen LogP contribution in [0.4, 0.5) is 10.5 Å². The van der Waals surface area contributed by atoms with Crippen LogP contribution in [0.1, 0.15) is 27.8 Å². The van der Waals surface area contributed by atoms with Gasteiger partial charge < -0.3 is 14.2 Å². The van der Waals surface area contributed by atoms with Crippen molar-refractivity contribution in [2.24, 2.45) is 0 Å². The third-order valence-corrected chi connectivity index (χ3v) is 8.15. The molecule has 5 rings (SSSR count). The van der Waals surface area contributed by atoms with Crippen LogP contribution in [0.5, 0.6) is 17.2 Å². The van der Waals surface area contributed by atoms with Crippen LogP contribution >= 0.6 is 31.9 Å². The number of benzene rings is 4. The van der Waals surface area contributed by atoms with Crippen LogP contribution in [-0.4, -0.2) is 25.0 Å². The Hall–Kier alpha value is -4.41. The summed E-state index contributed by atoms with van der Waals surface area (Å²) in [6.07, 6.45) is 1.41. The van der Waals surface area contributed by atoms with Gasteiger partial charge >= 0.3 is 6.03 Å². The molecular weight excluding hydrogens is 692 g/mol. The number of amides is 4. The number of nitrogens with zero attached hydrogens (tertiary/aromatic N) is 1. The first kappa shape index (κ1) is 31.0. The Labute approximate surface area is 271 Å². The minimum absolute atomic E-state index is 0.210. The second-order valence-corrected chi connectivity index (χ2v) is 11.9. The Morgan fingerprint density at radius 1 is 0.795 bits per heavy atom. The van der Waals surface area contributed by atoms with Crippen LogP contribution in [0, 0.1) is 13.8 Å². The molecule has 1 fully saturated rings. The molecule has 0 spiro atoms. The molecule has 1 saturated heterocycles. The zero-order chi connectivity index (χ0) is 31.4. The summed E-state index contributed by atoms with van der Waals surface area (Å²) in [6, 6.07) is 22.9. The number of hydrogen-bond acceptors (Lipinski definition) is 6. The van der Waals surface area contributed by atoms with Crippen molar-refractivity contribution in [1.82, 2.24) is 5.32 Å². The first-order valence-corrected chi connectivity index (χ1v) is 15.2. The van der Waals surface area contributed by atoms with E-state index in [1.54, 1.807) is 36.4 Å². The largest absolute Gasteiger partial charge is 0.493 e. The van der Waals surface area contributed by atoms with Gasteiger partial charge in [-0.3, -0.25) is 14.9 Å². The molecule has 4 aromatic carbocycles. The summed E-state index contributed by atoms with van der Waals surface area (Å²) in [5.74, 6) is -0.106. The molecule has 4 aromatic rings. The highest BCUT2D eigenvalue weighted by Crippen LogP contribution is 2.38. The Morgan fingerprint density at radius 3 is 2.16 bits per heavy atom. The minimum atomic E-state index is -0.838. The van der Waals surface area contributed by atoms with Crippen molar-refractivity contribution in [3.05, 3.63) is 121 Å². The molecule has 8 nitrogen and oxygen atoms in total. The van der Waals surface area contributed by atoms with E-state index in [0.717, 1.165) is 20.5 Å². The van der Waals surface area contributed by atoms with Gasteiger partial charge in [0.25, 0.3) is 11.8 Å². The molecule has 1 N–H and O–H groups in total. The van der Waals surface area contributed by atoms with Crippen LogP contribution in [0.3, 0.4) is 0 Å². The number of methoxy groups -OCH3 is 1. The first-order valence-electron chi connectivity index (χ1n) is 13.6. The molecule has 44 heavy (non-hydrogen) atoms. The maximum atomic E-state index is 13.5. The Balaban J connectivity index is 1.33. The highest BCUT2D eigenvalue weighted by Gasteiger charge is 2.37. The molecule has 224 valence electrons. The van der Waals surface area contributed by atoms with Crippen molar-refractivity contribution < 1.29 is 28.6 Å². The van der Waals surface area contributed by atoms with Crippen molar-refractivity contribution >= 4 is 61.5 Å². The molecule has 10 heteroatoms. The van der Waals surface area contributed by atoms with Crippen molar-refractivity contribution in [2.45, 2.75) is 27.1 Å². The van der Waals surface area contributed by atoms with Crippen molar-refractivity contribution in [3.63, 3.8) is 0 Å². The number of halogens is 2. The molecule has 1 aliphatic rings. The van der Waals surface area contributed by atoms with Crippen LogP contribution in [-0.2, 0) is 22.8 Å². The Bertz CT molecular complexity index is 1770. The van der Waals surface area contributed by atoms with E-state index in [2.05, 4.69) is 50.2 Å². The zero-order valence-corrected chi connectivity index (χ0v) is 27.3. The van der Waals surface area contributed by atoms with E-state index in [0.29, 0.717) is 40.5 Å². The summed E-state index contributed by atoms with van der Waals surface area (Å²) in [7, 11) is 1.51. The lowest BCUT2D eigenvalue weighted by Crippen LogP contribution is -2.54. The number of hydrogen-bond donors (Lipinski definition) is 1. The fourth-order valence-electron chi connectivity index (χ4n) is 4.51. The second-order valence-electron chi connectivity index (χ2n) is 10.1. The normalized spacial score (nSPS) is 14.1. The monoisotopic (exact) mass is 718 g/mol. The maximum Gasteiger partial charge on any atom is 0.335 e. The Morgan fingerprint density at radius 2 is 1.48 bits per heavy atom. The summed E-state index contributed by atoms with van der Waals surface area (Å²) in [4.78, 5) is 39.9. The van der Waals surface area contributed by atoms with Crippen LogP contribution in [0.2, 0.25) is 0 Å². The number of rotatable bonds is 9. The summed E-state index contributed by atoms with van der Waals surface area (Å²) in [5.41, 5.74) is 4.94. The van der Waals surface area contributed by atoms with Crippen LogP contribution in [0.25, 0.3) is 6.08 Å². The van der Waals surface area contributed by atoms with E-state index < -0.39 is 17.8 Å². The fourth-order valence-corrected chi connectivity index (χ4v) is 5.35. The maximum absolute atomic E-state index is 13.5. The van der Waals surface area contributed by atoms with Gasteiger partial charge in [0.15, 0.2) is 11.5 Å². The number of urea groups is 1. The van der Waals surface area contributed by atoms with Gasteiger partial charge in [0, 0.05) is 4.47 Å². The van der Waals surface area contributed by atoms with Gasteiger partial charge in [-0.2, -0.15) is 0 Å². The topological polar surface area (TPSA) is 94.2 Å². The van der Waals surface area contributed by atoms with E-state index in [4.69, 9.17) is 14.2 Å². The zero-order valence-electron chi connectivity index (χ0n) is 24.1. The second kappa shape index (κ2) is 13.5. The molecule has 0 atom stereocenters. The third kappa shape index (κ3) is 7.03. The lowest BCUT2D eigenvalue weighted by Gasteiger charge is -2.26. The number of ether oxygens (including phenoxy) is 3. The molecule has 0 aromatic heterocycles. The summed E-state index contributed by atoms with van der Waals surface area (Å²) in [5, 5.41) is 2.25. The molecule has 4 amide bonds. The Kier molecular flexibility index (Phi) is 9.51. The van der Waals surface area contributed by atoms with Gasteiger partial charge in [-0.1, -0.05) is 46.3 Å². The smallest absolute Gasteiger partial charge is 0.335 e. The number of anilines is 1. The van der Waals surface area contributed by atoms with Crippen LogP contribution in [0.15, 0.2) is 93.4 Å². The van der Waals surface area contributed by atoms with Crippen LogP contribution < -0.4 is 24.4 Å². The number of carbonyl (C=O) groups is 3. The molecular formula is C34H28Br2N2O6. The quantitative estimate of drug-likeness (QED) is 0.141. The van der Waals surface area contributed by atoms with E-state index >= 15 is 0 Å². The van der Waals surface area contributed by atoms with E-state index in [1.165, 1.54) is 24.3 Å². The van der Waals surface area contributed by atoms with Gasteiger partial charge in [0.05, 0.1) is 17.3 Å². The predicted octanol–water partition coefficient (Wildman–Crippen LogP) is 7.66. The lowest BCUT2D eigenvalue weighted by molar-refractivity contribution is -0.122. The lowest BCUT2D eigenvalue weighted by atomic mass is 10.1. The molecule has 0 radical (unpaired) electrons. The summed E-state index contributed by atoms with van der Waals surface area (Å²) >= 11 is 6.94. The van der Waals surface area contributed by atoms with Crippen molar-refractivity contribution in [2.75, 3.05) is 12.0 Å². The van der Waals surface area contributed by atoms with Gasteiger partial charge in [-0.05, 0) is 112 Å². The average molecular weight is 720 g/mol. The van der Waals surface area contributed by atoms with E-state index in [9.17, 15) is 14.4 Å². The van der Waals surface area contributed by atoms with Crippen molar-refractivity contribution in [3.8, 4) is 17.2 Å². The molecule has 0 bridgehead atoms. The van der Waals surface area contributed by atoms with Gasteiger partial charge in [0.1, 0.15) is 24.5 Å². The number of carbonyl (C=O) groups excluding carboxylic acids is 3. The highest BCUT2D eigenvalue weighted by molar-refractivity contribution is 9.10. The highest BCUT2D eigenvalue weighted by atomic mass is 79.9. The first-order chi connectivity index (χ1) is 21.1. The summed E-state index contributed by atoms with van der Waals surface area (Å²) in [6.45, 7) is 4.77. The SMILES string of the molecule is COc1cc(/C=C2\C(=O)NC(=O)N(c3ccc(OCc4ccc(Br)cc4)cc3)C2=O)cc(Br)c1OCc1ccc(C)c(C)c1. The number of nitrogens with one attached hydrogen (secondary N) is 1.